The highest BCUT2D eigenvalue weighted by Crippen LogP contribution is 2.23. The summed E-state index contributed by atoms with van der Waals surface area (Å²) in [6.07, 6.45) is 0. The van der Waals surface area contributed by atoms with Gasteiger partial charge in [0.1, 0.15) is 0 Å². The van der Waals surface area contributed by atoms with Crippen molar-refractivity contribution in [2.75, 3.05) is 0 Å². The van der Waals surface area contributed by atoms with Crippen molar-refractivity contribution >= 4 is 9.84 Å². The van der Waals surface area contributed by atoms with Crippen LogP contribution in [0.5, 0.6) is 0 Å². The van der Waals surface area contributed by atoms with E-state index in [1.807, 2.05) is 0 Å². The van der Waals surface area contributed by atoms with E-state index in [2.05, 4.69) is 9.97 Å². The monoisotopic (exact) mass is 200 g/mol. The van der Waals surface area contributed by atoms with E-state index in [9.17, 15) is 13.2 Å². The van der Waals surface area contributed by atoms with Gasteiger partial charge in [-0.25, -0.2) is 13.2 Å². The summed E-state index contributed by atoms with van der Waals surface area (Å²) in [6, 6.07) is 0. The molecule has 2 rings (SSSR count). The summed E-state index contributed by atoms with van der Waals surface area (Å²) >= 11 is 0. The summed E-state index contributed by atoms with van der Waals surface area (Å²) < 4.78 is 22.4. The van der Waals surface area contributed by atoms with Crippen LogP contribution in [0.3, 0.4) is 0 Å². The highest BCUT2D eigenvalue weighted by atomic mass is 32.2. The van der Waals surface area contributed by atoms with Crippen molar-refractivity contribution in [3.63, 3.8) is 0 Å². The largest absolute Gasteiger partial charge is 0.345 e. The minimum absolute atomic E-state index is 0.00204. The highest BCUT2D eigenvalue weighted by Gasteiger charge is 2.27. The van der Waals surface area contributed by atoms with Crippen LogP contribution in [-0.4, -0.2) is 18.4 Å². The summed E-state index contributed by atoms with van der Waals surface area (Å²) in [5, 5.41) is 0. The maximum atomic E-state index is 11.2. The summed E-state index contributed by atoms with van der Waals surface area (Å²) in [7, 11) is -3.07. The molecule has 6 heteroatoms. The van der Waals surface area contributed by atoms with Gasteiger partial charge in [-0.2, -0.15) is 4.98 Å². The smallest absolute Gasteiger partial charge is 0.310 e. The van der Waals surface area contributed by atoms with Gasteiger partial charge in [-0.15, -0.1) is 0 Å². The maximum Gasteiger partial charge on any atom is 0.345 e. The molecule has 0 bridgehead atoms. The molecular weight excluding hydrogens is 192 g/mol. The lowest BCUT2D eigenvalue weighted by atomic mass is 10.2. The predicted octanol–water partition coefficient (Wildman–Crippen LogP) is -0.493. The first-order chi connectivity index (χ1) is 5.98. The molecule has 0 amide bonds. The van der Waals surface area contributed by atoms with E-state index in [4.69, 9.17) is 0 Å². The number of fused-ring (bicyclic) bond motifs is 1. The number of aromatic amines is 1. The van der Waals surface area contributed by atoms with Gasteiger partial charge in [0.15, 0.2) is 9.84 Å². The van der Waals surface area contributed by atoms with Gasteiger partial charge in [0, 0.05) is 11.3 Å². The Morgan fingerprint density at radius 2 is 2.08 bits per heavy atom. The molecule has 70 valence electrons. The molecule has 0 atom stereocenters. The van der Waals surface area contributed by atoms with Crippen LogP contribution in [0.2, 0.25) is 0 Å². The fraction of sp³-hybridized carbons (Fsp3) is 0.429. The third-order valence-electron chi connectivity index (χ3n) is 2.05. The Hall–Kier alpha value is -1.17. The van der Waals surface area contributed by atoms with Gasteiger partial charge in [-0.3, -0.25) is 0 Å². The van der Waals surface area contributed by atoms with Crippen LogP contribution in [0.15, 0.2) is 4.79 Å². The van der Waals surface area contributed by atoms with Crippen LogP contribution in [0, 0.1) is 6.92 Å². The van der Waals surface area contributed by atoms with Crippen molar-refractivity contribution in [1.82, 2.24) is 9.97 Å². The van der Waals surface area contributed by atoms with Gasteiger partial charge in [0.25, 0.3) is 0 Å². The van der Waals surface area contributed by atoms with Crippen LogP contribution < -0.4 is 5.69 Å². The van der Waals surface area contributed by atoms with E-state index in [0.29, 0.717) is 17.0 Å². The molecule has 0 aromatic carbocycles. The molecule has 0 unspecified atom stereocenters. The number of H-pyrrole nitrogens is 1. The molecule has 1 aliphatic heterocycles. The topological polar surface area (TPSA) is 79.9 Å². The normalized spacial score (nSPS) is 18.5. The molecule has 0 radical (unpaired) electrons. The molecular formula is C7H8N2O3S. The van der Waals surface area contributed by atoms with Crippen molar-refractivity contribution in [3.05, 3.63) is 27.4 Å². The molecule has 1 aliphatic rings. The molecule has 5 nitrogen and oxygen atoms in total. The first kappa shape index (κ1) is 8.43. The second-order valence-electron chi connectivity index (χ2n) is 3.12. The van der Waals surface area contributed by atoms with Gasteiger partial charge in [-0.05, 0) is 6.92 Å². The van der Waals surface area contributed by atoms with Crippen molar-refractivity contribution in [2.24, 2.45) is 0 Å². The van der Waals surface area contributed by atoms with Crippen LogP contribution in [0.25, 0.3) is 0 Å². The fourth-order valence-corrected chi connectivity index (χ4v) is 3.04. The zero-order valence-electron chi connectivity index (χ0n) is 6.99. The molecule has 0 spiro atoms. The number of rotatable bonds is 0. The van der Waals surface area contributed by atoms with Crippen molar-refractivity contribution in [2.45, 2.75) is 18.4 Å². The van der Waals surface area contributed by atoms with E-state index < -0.39 is 15.5 Å². The van der Waals surface area contributed by atoms with Gasteiger partial charge >= 0.3 is 5.69 Å². The Morgan fingerprint density at radius 1 is 1.38 bits per heavy atom. The molecule has 1 aromatic heterocycles. The lowest BCUT2D eigenvalue weighted by Crippen LogP contribution is -2.14. The Labute approximate surface area is 74.7 Å². The lowest BCUT2D eigenvalue weighted by Gasteiger charge is -1.98. The number of aryl methyl sites for hydroxylation is 1. The third-order valence-corrected chi connectivity index (χ3v) is 3.49. The number of nitrogens with one attached hydrogen (secondary N) is 1. The molecule has 1 N–H and O–H groups in total. The third kappa shape index (κ3) is 1.37. The number of hydrogen-bond donors (Lipinski definition) is 1. The minimum atomic E-state index is -3.07. The number of hydrogen-bond acceptors (Lipinski definition) is 4. The average molecular weight is 200 g/mol. The summed E-state index contributed by atoms with van der Waals surface area (Å²) in [5.41, 5.74) is 1.19. The summed E-state index contributed by atoms with van der Waals surface area (Å²) in [6.45, 7) is 1.68. The lowest BCUT2D eigenvalue weighted by molar-refractivity contribution is 0.597. The molecule has 0 saturated carbocycles. The van der Waals surface area contributed by atoms with E-state index in [1.54, 1.807) is 6.92 Å². The molecule has 0 fully saturated rings. The molecule has 0 saturated heterocycles. The Morgan fingerprint density at radius 3 is 2.77 bits per heavy atom. The number of aromatic nitrogens is 2. The first-order valence-electron chi connectivity index (χ1n) is 3.77. The number of nitrogens with zero attached hydrogens (tertiary/aromatic N) is 1. The van der Waals surface area contributed by atoms with Crippen LogP contribution >= 0.6 is 0 Å². The van der Waals surface area contributed by atoms with E-state index in [1.165, 1.54) is 0 Å². The Bertz CT molecular complexity index is 515. The molecule has 0 aliphatic carbocycles. The van der Waals surface area contributed by atoms with Gasteiger partial charge < -0.3 is 4.98 Å². The van der Waals surface area contributed by atoms with Crippen LogP contribution in [0.1, 0.15) is 17.0 Å². The second-order valence-corrected chi connectivity index (χ2v) is 5.19. The zero-order valence-corrected chi connectivity index (χ0v) is 7.81. The van der Waals surface area contributed by atoms with Gasteiger partial charge in [0.05, 0.1) is 17.2 Å². The van der Waals surface area contributed by atoms with Gasteiger partial charge in [0.2, 0.25) is 0 Å². The van der Waals surface area contributed by atoms with Gasteiger partial charge in [-0.1, -0.05) is 0 Å². The second kappa shape index (κ2) is 2.41. The standard InChI is InChI=1S/C7H8N2O3S/c1-4-5-2-13(11,12)3-6(5)9-7(10)8-4/h2-3H2,1H3,(H,8,9,10). The van der Waals surface area contributed by atoms with Crippen LogP contribution in [0.4, 0.5) is 0 Å². The molecule has 13 heavy (non-hydrogen) atoms. The minimum Gasteiger partial charge on any atom is -0.310 e. The van der Waals surface area contributed by atoms with Crippen molar-refractivity contribution < 1.29 is 8.42 Å². The quantitative estimate of drug-likeness (QED) is 0.612. The highest BCUT2D eigenvalue weighted by molar-refractivity contribution is 7.90. The van der Waals surface area contributed by atoms with Crippen LogP contribution in [-0.2, 0) is 21.3 Å². The number of sulfone groups is 1. The van der Waals surface area contributed by atoms with Crippen molar-refractivity contribution in [1.29, 1.82) is 0 Å². The molecule has 1 aromatic rings. The average Bonchev–Trinajstić information content (AvgIpc) is 2.23. The molecule has 2 heterocycles. The van der Waals surface area contributed by atoms with E-state index >= 15 is 0 Å². The van der Waals surface area contributed by atoms with E-state index in [-0.39, 0.29) is 11.5 Å². The van der Waals surface area contributed by atoms with Crippen molar-refractivity contribution in [3.8, 4) is 0 Å². The Balaban J connectivity index is 2.71. The Kier molecular flexibility index (Phi) is 1.56. The fourth-order valence-electron chi connectivity index (χ4n) is 1.46. The maximum absolute atomic E-state index is 11.2. The zero-order chi connectivity index (χ0) is 9.64. The van der Waals surface area contributed by atoms with E-state index in [0.717, 1.165) is 0 Å². The predicted molar refractivity (Wildman–Crippen MR) is 45.9 cm³/mol. The summed E-state index contributed by atoms with van der Waals surface area (Å²) in [5.74, 6) is -0.106. The SMILES string of the molecule is Cc1[nH]c(=O)nc2c1CS(=O)(=O)C2. The summed E-state index contributed by atoms with van der Waals surface area (Å²) in [4.78, 5) is 17.0. The first-order valence-corrected chi connectivity index (χ1v) is 5.59.